The van der Waals surface area contributed by atoms with E-state index in [1.165, 1.54) is 6.07 Å². The van der Waals surface area contributed by atoms with Crippen molar-refractivity contribution in [3.05, 3.63) is 29.6 Å². The summed E-state index contributed by atoms with van der Waals surface area (Å²) in [5, 5.41) is 0. The van der Waals surface area contributed by atoms with Crippen molar-refractivity contribution in [3.8, 4) is 5.75 Å². The van der Waals surface area contributed by atoms with Gasteiger partial charge >= 0.3 is 0 Å². The smallest absolute Gasteiger partial charge is 0.165 e. The molecule has 0 heterocycles. The Morgan fingerprint density at radius 3 is 2.86 bits per heavy atom. The third kappa shape index (κ3) is 3.34. The van der Waals surface area contributed by atoms with E-state index >= 15 is 0 Å². The Bertz CT molecular complexity index is 289. The highest BCUT2D eigenvalue weighted by Gasteiger charge is 2.02. The van der Waals surface area contributed by atoms with Crippen molar-refractivity contribution in [3.63, 3.8) is 0 Å². The lowest BCUT2D eigenvalue weighted by molar-refractivity contribution is 0.292. The molecule has 0 aliphatic rings. The molecule has 0 amide bonds. The van der Waals surface area contributed by atoms with Crippen molar-refractivity contribution in [1.29, 1.82) is 0 Å². The molecule has 0 fully saturated rings. The molecule has 0 aromatic heterocycles. The van der Waals surface area contributed by atoms with Crippen LogP contribution in [0.3, 0.4) is 0 Å². The first-order valence-corrected chi connectivity index (χ1v) is 4.83. The van der Waals surface area contributed by atoms with Crippen LogP contribution in [0.2, 0.25) is 0 Å². The van der Waals surface area contributed by atoms with Crippen LogP contribution >= 0.6 is 0 Å². The van der Waals surface area contributed by atoms with Crippen LogP contribution in [-0.2, 0) is 0 Å². The van der Waals surface area contributed by atoms with Gasteiger partial charge in [0.05, 0.1) is 6.61 Å². The fourth-order valence-electron chi connectivity index (χ4n) is 1.15. The molecular formula is C11H16FNO. The second kappa shape index (κ2) is 5.60. The van der Waals surface area contributed by atoms with Gasteiger partial charge in [-0.05, 0) is 44.0 Å². The zero-order valence-electron chi connectivity index (χ0n) is 8.42. The number of rotatable bonds is 5. The predicted molar refractivity (Wildman–Crippen MR) is 54.9 cm³/mol. The second-order valence-corrected chi connectivity index (χ2v) is 3.28. The van der Waals surface area contributed by atoms with Crippen LogP contribution in [0.1, 0.15) is 18.4 Å². The average Bonchev–Trinajstić information content (AvgIpc) is 2.18. The van der Waals surface area contributed by atoms with Gasteiger partial charge in [0.1, 0.15) is 0 Å². The first-order valence-electron chi connectivity index (χ1n) is 4.83. The molecule has 0 aliphatic heterocycles. The summed E-state index contributed by atoms with van der Waals surface area (Å²) < 4.78 is 18.4. The number of benzene rings is 1. The van der Waals surface area contributed by atoms with E-state index in [-0.39, 0.29) is 5.82 Å². The number of hydrogen-bond acceptors (Lipinski definition) is 2. The molecule has 0 atom stereocenters. The SMILES string of the molecule is Cc1ccc(F)c(OCCCCN)c1. The molecule has 0 radical (unpaired) electrons. The Morgan fingerprint density at radius 2 is 2.14 bits per heavy atom. The Balaban J connectivity index is 2.45. The lowest BCUT2D eigenvalue weighted by Crippen LogP contribution is -2.04. The van der Waals surface area contributed by atoms with Crippen LogP contribution in [0, 0.1) is 12.7 Å². The molecule has 2 nitrogen and oxygen atoms in total. The maximum atomic E-state index is 13.1. The van der Waals surface area contributed by atoms with Gasteiger partial charge in [0, 0.05) is 0 Å². The van der Waals surface area contributed by atoms with Gasteiger partial charge < -0.3 is 10.5 Å². The van der Waals surface area contributed by atoms with E-state index in [2.05, 4.69) is 0 Å². The summed E-state index contributed by atoms with van der Waals surface area (Å²) in [4.78, 5) is 0. The molecule has 1 aromatic carbocycles. The Morgan fingerprint density at radius 1 is 1.36 bits per heavy atom. The summed E-state index contributed by atoms with van der Waals surface area (Å²) in [6.45, 7) is 3.09. The highest BCUT2D eigenvalue weighted by Crippen LogP contribution is 2.18. The molecule has 3 heteroatoms. The van der Waals surface area contributed by atoms with Crippen LogP contribution in [0.5, 0.6) is 5.75 Å². The van der Waals surface area contributed by atoms with E-state index in [1.807, 2.05) is 6.92 Å². The molecule has 2 N–H and O–H groups in total. The lowest BCUT2D eigenvalue weighted by atomic mass is 10.2. The topological polar surface area (TPSA) is 35.2 Å². The first-order chi connectivity index (χ1) is 6.74. The number of nitrogens with two attached hydrogens (primary N) is 1. The van der Waals surface area contributed by atoms with E-state index < -0.39 is 0 Å². The quantitative estimate of drug-likeness (QED) is 0.735. The van der Waals surface area contributed by atoms with Gasteiger partial charge in [-0.25, -0.2) is 4.39 Å². The second-order valence-electron chi connectivity index (χ2n) is 3.28. The third-order valence-corrected chi connectivity index (χ3v) is 1.94. The monoisotopic (exact) mass is 197 g/mol. The van der Waals surface area contributed by atoms with Gasteiger partial charge in [-0.1, -0.05) is 6.07 Å². The summed E-state index contributed by atoms with van der Waals surface area (Å²) >= 11 is 0. The van der Waals surface area contributed by atoms with Crippen molar-refractivity contribution in [1.82, 2.24) is 0 Å². The maximum Gasteiger partial charge on any atom is 0.165 e. The summed E-state index contributed by atoms with van der Waals surface area (Å²) in [6, 6.07) is 4.85. The third-order valence-electron chi connectivity index (χ3n) is 1.94. The minimum atomic E-state index is -0.302. The fourth-order valence-corrected chi connectivity index (χ4v) is 1.15. The molecule has 0 unspecified atom stereocenters. The number of halogens is 1. The normalized spacial score (nSPS) is 10.2. The van der Waals surface area contributed by atoms with Gasteiger partial charge in [0.15, 0.2) is 11.6 Å². The molecular weight excluding hydrogens is 181 g/mol. The molecule has 0 bridgehead atoms. The number of ether oxygens (including phenoxy) is 1. The Hall–Kier alpha value is -1.09. The predicted octanol–water partition coefficient (Wildman–Crippen LogP) is 2.25. The molecule has 0 saturated heterocycles. The first kappa shape index (κ1) is 11.0. The van der Waals surface area contributed by atoms with E-state index in [9.17, 15) is 4.39 Å². The Kier molecular flexibility index (Phi) is 4.40. The number of unbranched alkanes of at least 4 members (excludes halogenated alkanes) is 1. The highest BCUT2D eigenvalue weighted by molar-refractivity contribution is 5.29. The molecule has 0 spiro atoms. The zero-order chi connectivity index (χ0) is 10.4. The molecule has 0 aliphatic carbocycles. The minimum Gasteiger partial charge on any atom is -0.491 e. The van der Waals surface area contributed by atoms with Crippen LogP contribution in [0.15, 0.2) is 18.2 Å². The maximum absolute atomic E-state index is 13.1. The molecule has 14 heavy (non-hydrogen) atoms. The molecule has 0 saturated carbocycles. The summed E-state index contributed by atoms with van der Waals surface area (Å²) in [6.07, 6.45) is 1.78. The van der Waals surface area contributed by atoms with Gasteiger partial charge in [0.25, 0.3) is 0 Å². The van der Waals surface area contributed by atoms with Crippen LogP contribution < -0.4 is 10.5 Å². The van der Waals surface area contributed by atoms with E-state index in [4.69, 9.17) is 10.5 Å². The zero-order valence-corrected chi connectivity index (χ0v) is 8.42. The van der Waals surface area contributed by atoms with E-state index in [0.717, 1.165) is 18.4 Å². The van der Waals surface area contributed by atoms with Crippen LogP contribution in [-0.4, -0.2) is 13.2 Å². The summed E-state index contributed by atoms with van der Waals surface area (Å²) in [5.41, 5.74) is 6.33. The largest absolute Gasteiger partial charge is 0.491 e. The Labute approximate surface area is 83.9 Å². The standard InChI is InChI=1S/C11H16FNO/c1-9-4-5-10(12)11(8-9)14-7-3-2-6-13/h4-5,8H,2-3,6-7,13H2,1H3. The molecule has 78 valence electrons. The van der Waals surface area contributed by atoms with Crippen molar-refractivity contribution in [2.45, 2.75) is 19.8 Å². The summed E-state index contributed by atoms with van der Waals surface area (Å²) in [7, 11) is 0. The fraction of sp³-hybridized carbons (Fsp3) is 0.455. The van der Waals surface area contributed by atoms with Gasteiger partial charge in [-0.3, -0.25) is 0 Å². The van der Waals surface area contributed by atoms with Gasteiger partial charge in [0.2, 0.25) is 0 Å². The van der Waals surface area contributed by atoms with Crippen LogP contribution in [0.4, 0.5) is 4.39 Å². The van der Waals surface area contributed by atoms with Crippen molar-refractivity contribution < 1.29 is 9.13 Å². The van der Waals surface area contributed by atoms with E-state index in [0.29, 0.717) is 18.9 Å². The minimum absolute atomic E-state index is 0.302. The summed E-state index contributed by atoms with van der Waals surface area (Å²) in [5.74, 6) is 0.0327. The average molecular weight is 197 g/mol. The number of aryl methyl sites for hydroxylation is 1. The van der Waals surface area contributed by atoms with Crippen molar-refractivity contribution in [2.75, 3.05) is 13.2 Å². The lowest BCUT2D eigenvalue weighted by Gasteiger charge is -2.07. The van der Waals surface area contributed by atoms with E-state index in [1.54, 1.807) is 12.1 Å². The van der Waals surface area contributed by atoms with Gasteiger partial charge in [-0.15, -0.1) is 0 Å². The van der Waals surface area contributed by atoms with Crippen molar-refractivity contribution in [2.24, 2.45) is 5.73 Å². The number of hydrogen-bond donors (Lipinski definition) is 1. The molecule has 1 rings (SSSR count). The van der Waals surface area contributed by atoms with Gasteiger partial charge in [-0.2, -0.15) is 0 Å². The highest BCUT2D eigenvalue weighted by atomic mass is 19.1. The van der Waals surface area contributed by atoms with Crippen molar-refractivity contribution >= 4 is 0 Å². The molecule has 1 aromatic rings. The van der Waals surface area contributed by atoms with Crippen LogP contribution in [0.25, 0.3) is 0 Å².